The lowest BCUT2D eigenvalue weighted by molar-refractivity contribution is -0.117. The summed E-state index contributed by atoms with van der Waals surface area (Å²) in [5, 5.41) is 8.90. The lowest BCUT2D eigenvalue weighted by Crippen LogP contribution is -2.30. The normalized spacial score (nSPS) is 11.8. The number of carbonyl (C=O) groups excluding carboxylic acids is 2. The zero-order valence-electron chi connectivity index (χ0n) is 15.6. The first kappa shape index (κ1) is 19.7. The maximum atomic E-state index is 12.1. The number of hydrogen-bond donors (Lipinski definition) is 3. The first-order chi connectivity index (χ1) is 12.4. The van der Waals surface area contributed by atoms with Gasteiger partial charge in [-0.25, -0.2) is 0 Å². The standard InChI is InChI=1S/C21H27N3O2/c1-15(2)13-20(25)23-18-9-11-19(12-10-18)24-21(26)14-22-16(3)17-7-5-4-6-8-17/h4-12,15-16,22H,13-14H2,1-3H3,(H,23,25)(H,24,26). The highest BCUT2D eigenvalue weighted by Crippen LogP contribution is 2.15. The molecule has 5 nitrogen and oxygen atoms in total. The number of carbonyl (C=O) groups is 2. The Morgan fingerprint density at radius 2 is 1.35 bits per heavy atom. The molecule has 0 fully saturated rings. The summed E-state index contributed by atoms with van der Waals surface area (Å²) in [6.07, 6.45) is 0.490. The molecule has 0 aromatic heterocycles. The summed E-state index contributed by atoms with van der Waals surface area (Å²) < 4.78 is 0. The van der Waals surface area contributed by atoms with E-state index >= 15 is 0 Å². The molecule has 3 N–H and O–H groups in total. The Bertz CT molecular complexity index is 712. The molecule has 0 aliphatic heterocycles. The minimum absolute atomic E-state index is 0.00381. The fraction of sp³-hybridized carbons (Fsp3) is 0.333. The van der Waals surface area contributed by atoms with Crippen molar-refractivity contribution >= 4 is 23.2 Å². The Morgan fingerprint density at radius 1 is 0.808 bits per heavy atom. The van der Waals surface area contributed by atoms with Crippen LogP contribution in [-0.2, 0) is 9.59 Å². The molecule has 0 aliphatic carbocycles. The van der Waals surface area contributed by atoms with Crippen LogP contribution in [0.4, 0.5) is 11.4 Å². The van der Waals surface area contributed by atoms with E-state index in [-0.39, 0.29) is 24.4 Å². The summed E-state index contributed by atoms with van der Waals surface area (Å²) in [5.74, 6) is 0.208. The molecular weight excluding hydrogens is 326 g/mol. The molecule has 0 saturated heterocycles. The van der Waals surface area contributed by atoms with Crippen LogP contribution in [0.5, 0.6) is 0 Å². The van der Waals surface area contributed by atoms with E-state index < -0.39 is 0 Å². The van der Waals surface area contributed by atoms with Crippen molar-refractivity contribution in [2.45, 2.75) is 33.2 Å². The van der Waals surface area contributed by atoms with E-state index in [9.17, 15) is 9.59 Å². The number of amides is 2. The van der Waals surface area contributed by atoms with Gasteiger partial charge in [0.1, 0.15) is 0 Å². The van der Waals surface area contributed by atoms with Crippen molar-refractivity contribution in [1.29, 1.82) is 0 Å². The minimum Gasteiger partial charge on any atom is -0.326 e. The quantitative estimate of drug-likeness (QED) is 0.673. The fourth-order valence-corrected chi connectivity index (χ4v) is 2.53. The molecule has 138 valence electrons. The second-order valence-electron chi connectivity index (χ2n) is 6.78. The van der Waals surface area contributed by atoms with Crippen LogP contribution in [0.3, 0.4) is 0 Å². The van der Waals surface area contributed by atoms with Gasteiger partial charge in [0.15, 0.2) is 0 Å². The van der Waals surface area contributed by atoms with Gasteiger partial charge in [-0.05, 0) is 42.7 Å². The first-order valence-electron chi connectivity index (χ1n) is 8.92. The van der Waals surface area contributed by atoms with Crippen LogP contribution >= 0.6 is 0 Å². The zero-order valence-corrected chi connectivity index (χ0v) is 15.6. The monoisotopic (exact) mass is 353 g/mol. The largest absolute Gasteiger partial charge is 0.326 e. The Kier molecular flexibility index (Phi) is 7.36. The number of hydrogen-bond acceptors (Lipinski definition) is 3. The van der Waals surface area contributed by atoms with Gasteiger partial charge in [-0.3, -0.25) is 9.59 Å². The third kappa shape index (κ3) is 6.69. The molecule has 2 amide bonds. The van der Waals surface area contributed by atoms with Gasteiger partial charge < -0.3 is 16.0 Å². The van der Waals surface area contributed by atoms with Gasteiger partial charge in [-0.2, -0.15) is 0 Å². The van der Waals surface area contributed by atoms with Crippen LogP contribution in [0.1, 0.15) is 38.8 Å². The van der Waals surface area contributed by atoms with Crippen LogP contribution in [0.15, 0.2) is 54.6 Å². The second-order valence-corrected chi connectivity index (χ2v) is 6.78. The molecule has 5 heteroatoms. The second kappa shape index (κ2) is 9.73. The van der Waals surface area contributed by atoms with Crippen LogP contribution in [0.25, 0.3) is 0 Å². The highest BCUT2D eigenvalue weighted by molar-refractivity contribution is 5.93. The number of nitrogens with one attached hydrogen (secondary N) is 3. The Labute approximate surface area is 155 Å². The summed E-state index contributed by atoms with van der Waals surface area (Å²) in [6.45, 7) is 6.26. The van der Waals surface area contributed by atoms with Crippen LogP contribution in [0, 0.1) is 5.92 Å². The molecule has 26 heavy (non-hydrogen) atoms. The molecule has 0 heterocycles. The molecule has 0 spiro atoms. The van der Waals surface area contributed by atoms with Crippen molar-refractivity contribution in [3.8, 4) is 0 Å². The minimum atomic E-state index is -0.107. The molecule has 0 saturated carbocycles. The van der Waals surface area contributed by atoms with Crippen molar-refractivity contribution in [3.05, 3.63) is 60.2 Å². The van der Waals surface area contributed by atoms with Crippen LogP contribution < -0.4 is 16.0 Å². The van der Waals surface area contributed by atoms with Crippen LogP contribution in [-0.4, -0.2) is 18.4 Å². The molecule has 2 rings (SSSR count). The number of anilines is 2. The van der Waals surface area contributed by atoms with E-state index in [0.717, 1.165) is 11.3 Å². The predicted molar refractivity (Wildman–Crippen MR) is 106 cm³/mol. The van der Waals surface area contributed by atoms with Gasteiger partial charge in [-0.15, -0.1) is 0 Å². The topological polar surface area (TPSA) is 70.2 Å². The van der Waals surface area contributed by atoms with Crippen molar-refractivity contribution < 1.29 is 9.59 Å². The molecular formula is C21H27N3O2. The summed E-state index contributed by atoms with van der Waals surface area (Å²) in [4.78, 5) is 23.9. The van der Waals surface area contributed by atoms with Gasteiger partial charge in [0.05, 0.1) is 6.54 Å². The first-order valence-corrected chi connectivity index (χ1v) is 8.92. The van der Waals surface area contributed by atoms with E-state index in [0.29, 0.717) is 18.0 Å². The average molecular weight is 353 g/mol. The molecule has 2 aromatic rings. The number of rotatable bonds is 8. The van der Waals surface area contributed by atoms with E-state index in [2.05, 4.69) is 16.0 Å². The smallest absolute Gasteiger partial charge is 0.238 e. The lowest BCUT2D eigenvalue weighted by atomic mass is 10.1. The summed E-state index contributed by atoms with van der Waals surface area (Å²) in [7, 11) is 0. The van der Waals surface area contributed by atoms with Gasteiger partial charge in [-0.1, -0.05) is 44.2 Å². The van der Waals surface area contributed by atoms with Crippen LogP contribution in [0.2, 0.25) is 0 Å². The van der Waals surface area contributed by atoms with Crippen molar-refractivity contribution in [1.82, 2.24) is 5.32 Å². The molecule has 1 atom stereocenters. The third-order valence-electron chi connectivity index (χ3n) is 3.91. The van der Waals surface area contributed by atoms with E-state index in [1.165, 1.54) is 0 Å². The van der Waals surface area contributed by atoms with E-state index in [4.69, 9.17) is 0 Å². The van der Waals surface area contributed by atoms with Gasteiger partial charge in [0, 0.05) is 23.8 Å². The molecule has 0 radical (unpaired) electrons. The van der Waals surface area contributed by atoms with E-state index in [1.54, 1.807) is 24.3 Å². The van der Waals surface area contributed by atoms with Gasteiger partial charge in [0.25, 0.3) is 0 Å². The molecule has 1 unspecified atom stereocenters. The summed E-state index contributed by atoms with van der Waals surface area (Å²) >= 11 is 0. The number of benzene rings is 2. The van der Waals surface area contributed by atoms with E-state index in [1.807, 2.05) is 51.1 Å². The molecule has 2 aromatic carbocycles. The SMILES string of the molecule is CC(C)CC(=O)Nc1ccc(NC(=O)CNC(C)c2ccccc2)cc1. The third-order valence-corrected chi connectivity index (χ3v) is 3.91. The Balaban J connectivity index is 1.79. The average Bonchev–Trinajstić information content (AvgIpc) is 2.61. The fourth-order valence-electron chi connectivity index (χ4n) is 2.53. The van der Waals surface area contributed by atoms with Gasteiger partial charge in [0.2, 0.25) is 11.8 Å². The van der Waals surface area contributed by atoms with Crippen molar-refractivity contribution in [3.63, 3.8) is 0 Å². The highest BCUT2D eigenvalue weighted by atomic mass is 16.2. The zero-order chi connectivity index (χ0) is 18.9. The maximum Gasteiger partial charge on any atom is 0.238 e. The highest BCUT2D eigenvalue weighted by Gasteiger charge is 2.08. The Hall–Kier alpha value is -2.66. The molecule has 0 bridgehead atoms. The maximum absolute atomic E-state index is 12.1. The Morgan fingerprint density at radius 3 is 1.88 bits per heavy atom. The molecule has 0 aliphatic rings. The van der Waals surface area contributed by atoms with Crippen molar-refractivity contribution in [2.75, 3.05) is 17.2 Å². The summed E-state index contributed by atoms with van der Waals surface area (Å²) in [5.41, 5.74) is 2.57. The lowest BCUT2D eigenvalue weighted by Gasteiger charge is -2.14. The summed E-state index contributed by atoms with van der Waals surface area (Å²) in [6, 6.07) is 17.2. The predicted octanol–water partition coefficient (Wildman–Crippen LogP) is 3.96. The van der Waals surface area contributed by atoms with Gasteiger partial charge >= 0.3 is 0 Å². The van der Waals surface area contributed by atoms with Crippen molar-refractivity contribution in [2.24, 2.45) is 5.92 Å².